The zero-order valence-electron chi connectivity index (χ0n) is 24.3. The lowest BCUT2D eigenvalue weighted by Gasteiger charge is -2.35. The Hall–Kier alpha value is -4.57. The van der Waals surface area contributed by atoms with Crippen LogP contribution in [0.5, 0.6) is 0 Å². The first-order chi connectivity index (χ1) is 21.3. The van der Waals surface area contributed by atoms with Gasteiger partial charge in [0, 0.05) is 18.8 Å². The number of aliphatic hydroxyl groups excluding tert-OH is 1. The van der Waals surface area contributed by atoms with E-state index in [0.717, 1.165) is 11.1 Å². The Morgan fingerprint density at radius 3 is 3.00 bits per heavy atom. The number of allylic oxidation sites excluding steroid dienone is 3. The number of nitrogens with one attached hydrogen (secondary N) is 3. The van der Waals surface area contributed by atoms with Crippen molar-refractivity contribution in [2.45, 2.75) is 51.3 Å². The van der Waals surface area contributed by atoms with Crippen LogP contribution in [-0.2, 0) is 11.3 Å². The van der Waals surface area contributed by atoms with E-state index in [9.17, 15) is 18.7 Å². The molecule has 44 heavy (non-hydrogen) atoms. The number of piperidine rings is 1. The Labute approximate surface area is 253 Å². The second-order valence-corrected chi connectivity index (χ2v) is 11.6. The highest BCUT2D eigenvalue weighted by Crippen LogP contribution is 2.42. The van der Waals surface area contributed by atoms with Crippen molar-refractivity contribution in [2.24, 2.45) is 17.8 Å². The summed E-state index contributed by atoms with van der Waals surface area (Å²) in [6.45, 7) is 2.74. The summed E-state index contributed by atoms with van der Waals surface area (Å²) in [5.74, 6) is 3.09. The largest absolute Gasteiger partial charge is 0.391 e. The van der Waals surface area contributed by atoms with Crippen LogP contribution in [0, 0.1) is 30.1 Å². The molecule has 0 radical (unpaired) electrons. The van der Waals surface area contributed by atoms with Gasteiger partial charge in [0.1, 0.15) is 12.1 Å². The van der Waals surface area contributed by atoms with Crippen molar-refractivity contribution in [3.8, 4) is 12.3 Å². The maximum absolute atomic E-state index is 12.7. The topological polar surface area (TPSA) is 133 Å². The summed E-state index contributed by atoms with van der Waals surface area (Å²) in [5.41, 5.74) is 3.97. The monoisotopic (exact) mass is 603 g/mol. The summed E-state index contributed by atoms with van der Waals surface area (Å²) in [4.78, 5) is 24.1. The number of halogens is 2. The average Bonchev–Trinajstić information content (AvgIpc) is 3.57. The number of alkyl halides is 2. The maximum Gasteiger partial charge on any atom is 0.255 e. The number of aliphatic hydroxyl groups is 1. The van der Waals surface area contributed by atoms with E-state index < -0.39 is 25.0 Å². The van der Waals surface area contributed by atoms with E-state index in [2.05, 4.69) is 56.2 Å². The fraction of sp³-hybridized carbons (Fsp3) is 0.452. The molecular formula is C31H35F2N9O2. The van der Waals surface area contributed by atoms with E-state index in [1.54, 1.807) is 10.9 Å². The summed E-state index contributed by atoms with van der Waals surface area (Å²) in [7, 11) is 0. The van der Waals surface area contributed by atoms with Crippen molar-refractivity contribution in [3.05, 3.63) is 48.2 Å². The molecule has 1 saturated heterocycles. The molecule has 2 aromatic heterocycles. The van der Waals surface area contributed by atoms with Gasteiger partial charge >= 0.3 is 0 Å². The normalized spacial score (nSPS) is 24.6. The van der Waals surface area contributed by atoms with E-state index in [0.29, 0.717) is 66.9 Å². The van der Waals surface area contributed by atoms with Crippen LogP contribution in [0.1, 0.15) is 26.2 Å². The predicted molar refractivity (Wildman–Crippen MR) is 164 cm³/mol. The molecular weight excluding hydrogens is 568 g/mol. The van der Waals surface area contributed by atoms with Crippen LogP contribution in [0.25, 0.3) is 11.0 Å². The van der Waals surface area contributed by atoms with Crippen LogP contribution in [0.4, 0.5) is 31.9 Å². The number of nitrogens with zero attached hydrogens (tertiary/aromatic N) is 6. The number of aromatic nitrogens is 5. The molecule has 1 aliphatic heterocycles. The van der Waals surface area contributed by atoms with Crippen molar-refractivity contribution in [2.75, 3.05) is 35.2 Å². The molecule has 0 spiro atoms. The molecule has 0 bridgehead atoms. The SMILES string of the molecule is C#CCn1nnc2ccc(Nc3ncc(N4CCC[C@H](C(=O)NCC(F)F)C4)c(N[C@H]4C5=CC=CC(C)C5C[C@H]4O)n3)cc21. The third-order valence-electron chi connectivity index (χ3n) is 8.64. The van der Waals surface area contributed by atoms with E-state index in [4.69, 9.17) is 11.4 Å². The highest BCUT2D eigenvalue weighted by molar-refractivity contribution is 5.81. The van der Waals surface area contributed by atoms with Gasteiger partial charge in [0.25, 0.3) is 6.43 Å². The van der Waals surface area contributed by atoms with Crippen LogP contribution in [-0.4, -0.2) is 74.2 Å². The molecule has 1 saturated carbocycles. The Morgan fingerprint density at radius 1 is 1.32 bits per heavy atom. The lowest BCUT2D eigenvalue weighted by atomic mass is 9.85. The first-order valence-corrected chi connectivity index (χ1v) is 14.8. The van der Waals surface area contributed by atoms with Gasteiger partial charge in [-0.1, -0.05) is 36.3 Å². The lowest BCUT2D eigenvalue weighted by Crippen LogP contribution is -2.44. The molecule has 3 heterocycles. The van der Waals surface area contributed by atoms with E-state index in [1.807, 2.05) is 29.2 Å². The fourth-order valence-electron chi connectivity index (χ4n) is 6.41. The standard InChI is InChI=1S/C31H35F2N9O2/c1-3-11-42-24-13-20(9-10-23(24)39-40-42)36-31-35-15-25(41-12-5-7-19(17-41)30(44)34-16-27(32)33)29(38-31)37-28-21-8-4-6-18(2)22(21)14-26(28)43/h1,4,6,8-10,13,15,18-19,22,26-28,43H,5,7,11-12,14,16-17H2,2H3,(H,34,44)(H2,35,36,37,38)/t18?,19-,22?,26+,28-/m0/s1. The molecule has 4 N–H and O–H groups in total. The molecule has 230 valence electrons. The van der Waals surface area contributed by atoms with Gasteiger partial charge in [-0.05, 0) is 54.9 Å². The number of carbonyl (C=O) groups excluding carboxylic acids is 1. The summed E-state index contributed by atoms with van der Waals surface area (Å²) >= 11 is 0. The van der Waals surface area contributed by atoms with Crippen molar-refractivity contribution < 1.29 is 18.7 Å². The maximum atomic E-state index is 12.7. The van der Waals surface area contributed by atoms with Crippen molar-refractivity contribution >= 4 is 40.1 Å². The van der Waals surface area contributed by atoms with Gasteiger partial charge in [0.05, 0.1) is 42.0 Å². The quantitative estimate of drug-likeness (QED) is 0.271. The third-order valence-corrected chi connectivity index (χ3v) is 8.64. The van der Waals surface area contributed by atoms with Crippen molar-refractivity contribution in [1.29, 1.82) is 0 Å². The number of anilines is 4. The van der Waals surface area contributed by atoms with Gasteiger partial charge in [-0.15, -0.1) is 11.5 Å². The summed E-state index contributed by atoms with van der Waals surface area (Å²) < 4.78 is 27.1. The van der Waals surface area contributed by atoms with Crippen LogP contribution in [0.15, 0.2) is 48.2 Å². The minimum Gasteiger partial charge on any atom is -0.391 e. The molecule has 2 aliphatic carbocycles. The van der Waals surface area contributed by atoms with Crippen LogP contribution >= 0.6 is 0 Å². The number of amides is 1. The number of rotatable bonds is 9. The highest BCUT2D eigenvalue weighted by Gasteiger charge is 2.41. The van der Waals surface area contributed by atoms with E-state index in [1.165, 1.54) is 0 Å². The smallest absolute Gasteiger partial charge is 0.255 e. The van der Waals surface area contributed by atoms with Gasteiger partial charge in [0.15, 0.2) is 5.82 Å². The number of hydrogen-bond donors (Lipinski definition) is 4. The van der Waals surface area contributed by atoms with Crippen molar-refractivity contribution in [3.63, 3.8) is 0 Å². The summed E-state index contributed by atoms with van der Waals surface area (Å²) in [6, 6.07) is 5.19. The zero-order valence-corrected chi connectivity index (χ0v) is 24.3. The lowest BCUT2D eigenvalue weighted by molar-refractivity contribution is -0.125. The van der Waals surface area contributed by atoms with Crippen LogP contribution in [0.3, 0.4) is 0 Å². The van der Waals surface area contributed by atoms with Gasteiger partial charge in [-0.25, -0.2) is 18.4 Å². The first-order valence-electron chi connectivity index (χ1n) is 14.8. The van der Waals surface area contributed by atoms with Gasteiger partial charge in [-0.3, -0.25) is 4.79 Å². The Balaban J connectivity index is 1.30. The number of hydrogen-bond acceptors (Lipinski definition) is 9. The molecule has 3 aromatic rings. The van der Waals surface area contributed by atoms with E-state index >= 15 is 0 Å². The minimum absolute atomic E-state index is 0.224. The van der Waals surface area contributed by atoms with Crippen LogP contribution < -0.4 is 20.9 Å². The second kappa shape index (κ2) is 12.6. The molecule has 1 aromatic carbocycles. The number of benzene rings is 1. The average molecular weight is 604 g/mol. The van der Waals surface area contributed by atoms with E-state index in [-0.39, 0.29) is 24.4 Å². The molecule has 1 amide bonds. The summed E-state index contributed by atoms with van der Waals surface area (Å²) in [5, 5.41) is 28.5. The predicted octanol–water partition coefficient (Wildman–Crippen LogP) is 3.49. The molecule has 2 fully saturated rings. The zero-order chi connectivity index (χ0) is 30.8. The molecule has 6 rings (SSSR count). The third kappa shape index (κ3) is 6.07. The number of fused-ring (bicyclic) bond motifs is 2. The number of carbonyl (C=O) groups is 1. The molecule has 2 unspecified atom stereocenters. The molecule has 5 atom stereocenters. The number of terminal acetylenes is 1. The van der Waals surface area contributed by atoms with Crippen LogP contribution in [0.2, 0.25) is 0 Å². The molecule has 11 nitrogen and oxygen atoms in total. The van der Waals surface area contributed by atoms with Crippen molar-refractivity contribution in [1.82, 2.24) is 30.3 Å². The van der Waals surface area contributed by atoms with Gasteiger partial charge in [0.2, 0.25) is 11.9 Å². The molecule has 3 aliphatic rings. The Bertz CT molecular complexity index is 1630. The second-order valence-electron chi connectivity index (χ2n) is 11.6. The minimum atomic E-state index is -2.61. The first kappa shape index (κ1) is 29.5. The highest BCUT2D eigenvalue weighted by atomic mass is 19.3. The Morgan fingerprint density at radius 2 is 2.18 bits per heavy atom. The van der Waals surface area contributed by atoms with Gasteiger partial charge < -0.3 is 26.0 Å². The molecule has 13 heteroatoms. The van der Waals surface area contributed by atoms with Gasteiger partial charge in [-0.2, -0.15) is 4.98 Å². The fourth-order valence-corrected chi connectivity index (χ4v) is 6.41. The summed E-state index contributed by atoms with van der Waals surface area (Å²) in [6.07, 6.45) is 12.1. The Kier molecular flexibility index (Phi) is 8.43.